The summed E-state index contributed by atoms with van der Waals surface area (Å²) in [6, 6.07) is 23.3. The van der Waals surface area contributed by atoms with Gasteiger partial charge in [0.1, 0.15) is 5.82 Å². The zero-order chi connectivity index (χ0) is 21.3. The topological polar surface area (TPSA) is 24.9 Å². The van der Waals surface area contributed by atoms with E-state index in [1.54, 1.807) is 12.1 Å². The third kappa shape index (κ3) is 3.93. The van der Waals surface area contributed by atoms with Crippen molar-refractivity contribution < 1.29 is 4.39 Å². The summed E-state index contributed by atoms with van der Waals surface area (Å²) in [4.78, 5) is 4.94. The van der Waals surface area contributed by atoms with Gasteiger partial charge >= 0.3 is 0 Å². The molecule has 3 heteroatoms. The summed E-state index contributed by atoms with van der Waals surface area (Å²) in [6.07, 6.45) is 0. The van der Waals surface area contributed by atoms with Gasteiger partial charge in [0.15, 0.2) is 0 Å². The Labute approximate surface area is 177 Å². The Morgan fingerprint density at radius 1 is 0.733 bits per heavy atom. The third-order valence-corrected chi connectivity index (χ3v) is 5.49. The minimum absolute atomic E-state index is 0.242. The molecule has 4 rings (SSSR count). The summed E-state index contributed by atoms with van der Waals surface area (Å²) in [5, 5.41) is 4.78. The van der Waals surface area contributed by atoms with Crippen molar-refractivity contribution in [3.05, 3.63) is 89.7 Å². The lowest BCUT2D eigenvalue weighted by Gasteiger charge is -2.21. The van der Waals surface area contributed by atoms with Gasteiger partial charge in [0.25, 0.3) is 0 Å². The van der Waals surface area contributed by atoms with E-state index in [-0.39, 0.29) is 5.82 Å². The molecule has 2 nitrogen and oxygen atoms in total. The molecule has 0 spiro atoms. The Bertz CT molecular complexity index is 1150. The molecule has 0 saturated carbocycles. The van der Waals surface area contributed by atoms with Crippen molar-refractivity contribution in [1.82, 2.24) is 4.98 Å². The first-order chi connectivity index (χ1) is 14.4. The Hall–Kier alpha value is -3.20. The molecule has 152 valence electrons. The molecule has 0 saturated heterocycles. The van der Waals surface area contributed by atoms with Crippen molar-refractivity contribution in [3.63, 3.8) is 0 Å². The molecule has 0 aliphatic carbocycles. The molecule has 0 fully saturated rings. The van der Waals surface area contributed by atoms with E-state index in [0.29, 0.717) is 11.8 Å². The van der Waals surface area contributed by atoms with Gasteiger partial charge in [-0.15, -0.1) is 0 Å². The van der Waals surface area contributed by atoms with Crippen molar-refractivity contribution in [2.24, 2.45) is 0 Å². The van der Waals surface area contributed by atoms with Crippen LogP contribution in [0.25, 0.3) is 22.2 Å². The Morgan fingerprint density at radius 3 is 2.00 bits per heavy atom. The number of rotatable bonds is 5. The second-order valence-corrected chi connectivity index (χ2v) is 8.33. The number of anilines is 2. The van der Waals surface area contributed by atoms with Crippen LogP contribution < -0.4 is 5.32 Å². The fourth-order valence-corrected chi connectivity index (χ4v) is 3.86. The van der Waals surface area contributed by atoms with Gasteiger partial charge in [0.05, 0.1) is 16.9 Å². The Kier molecular flexibility index (Phi) is 5.54. The molecule has 0 atom stereocenters. The number of hydrogen-bond donors (Lipinski definition) is 1. The number of hydrogen-bond acceptors (Lipinski definition) is 2. The molecule has 0 amide bonds. The minimum Gasteiger partial charge on any atom is -0.353 e. The molecule has 30 heavy (non-hydrogen) atoms. The van der Waals surface area contributed by atoms with Crippen LogP contribution in [0.3, 0.4) is 0 Å². The Morgan fingerprint density at radius 2 is 1.37 bits per heavy atom. The predicted molar refractivity (Wildman–Crippen MR) is 125 cm³/mol. The van der Waals surface area contributed by atoms with E-state index in [0.717, 1.165) is 27.8 Å². The molecule has 1 N–H and O–H groups in total. The van der Waals surface area contributed by atoms with Crippen LogP contribution in [0, 0.1) is 5.82 Å². The third-order valence-electron chi connectivity index (χ3n) is 5.49. The minimum atomic E-state index is -0.242. The standard InChI is InChI=1S/C27H27FN2/c1-17(2)22-8-6-9-23(18(3)4)27(22)30-25-10-5-7-20-13-16-24(29-26(20)25)19-11-14-21(28)15-12-19/h5-18,30H,1-4H3. The van der Waals surface area contributed by atoms with Crippen LogP contribution in [0.2, 0.25) is 0 Å². The van der Waals surface area contributed by atoms with E-state index in [9.17, 15) is 4.39 Å². The number of para-hydroxylation sites is 2. The van der Waals surface area contributed by atoms with E-state index in [4.69, 9.17) is 4.98 Å². The number of aromatic nitrogens is 1. The number of benzene rings is 3. The highest BCUT2D eigenvalue weighted by Crippen LogP contribution is 2.36. The zero-order valence-corrected chi connectivity index (χ0v) is 17.9. The molecular weight excluding hydrogens is 371 g/mol. The summed E-state index contributed by atoms with van der Waals surface area (Å²) in [7, 11) is 0. The SMILES string of the molecule is CC(C)c1cccc(C(C)C)c1Nc1cccc2ccc(-c3ccc(F)cc3)nc12. The lowest BCUT2D eigenvalue weighted by atomic mass is 9.92. The number of fused-ring (bicyclic) bond motifs is 1. The summed E-state index contributed by atoms with van der Waals surface area (Å²) < 4.78 is 13.3. The van der Waals surface area contributed by atoms with Crippen molar-refractivity contribution in [3.8, 4) is 11.3 Å². The summed E-state index contributed by atoms with van der Waals surface area (Å²) in [5.74, 6) is 0.571. The first kappa shape index (κ1) is 20.1. The molecule has 0 radical (unpaired) electrons. The molecule has 0 bridgehead atoms. The molecule has 3 aromatic carbocycles. The van der Waals surface area contributed by atoms with E-state index in [1.807, 2.05) is 6.07 Å². The van der Waals surface area contributed by atoms with Gasteiger partial charge in [-0.2, -0.15) is 0 Å². The second kappa shape index (κ2) is 8.27. The first-order valence-electron chi connectivity index (χ1n) is 10.5. The van der Waals surface area contributed by atoms with E-state index in [1.165, 1.54) is 28.9 Å². The van der Waals surface area contributed by atoms with E-state index >= 15 is 0 Å². The largest absolute Gasteiger partial charge is 0.353 e. The molecule has 0 aliphatic rings. The van der Waals surface area contributed by atoms with Crippen LogP contribution >= 0.6 is 0 Å². The van der Waals surface area contributed by atoms with Gasteiger partial charge in [0, 0.05) is 16.6 Å². The fourth-order valence-electron chi connectivity index (χ4n) is 3.86. The smallest absolute Gasteiger partial charge is 0.123 e. The van der Waals surface area contributed by atoms with Crippen LogP contribution in [-0.4, -0.2) is 4.98 Å². The fraction of sp³-hybridized carbons (Fsp3) is 0.222. The van der Waals surface area contributed by atoms with Crippen molar-refractivity contribution in [2.75, 3.05) is 5.32 Å². The van der Waals surface area contributed by atoms with Gasteiger partial charge in [-0.25, -0.2) is 9.37 Å². The second-order valence-electron chi connectivity index (χ2n) is 8.33. The number of nitrogens with one attached hydrogen (secondary N) is 1. The maximum Gasteiger partial charge on any atom is 0.123 e. The van der Waals surface area contributed by atoms with E-state index in [2.05, 4.69) is 75.5 Å². The highest BCUT2D eigenvalue weighted by molar-refractivity contribution is 5.94. The summed E-state index contributed by atoms with van der Waals surface area (Å²) in [5.41, 5.74) is 7.39. The number of nitrogens with zero attached hydrogens (tertiary/aromatic N) is 1. The van der Waals surface area contributed by atoms with Gasteiger partial charge in [-0.3, -0.25) is 0 Å². The van der Waals surface area contributed by atoms with Gasteiger partial charge < -0.3 is 5.32 Å². The molecule has 0 aliphatic heterocycles. The Balaban J connectivity index is 1.84. The van der Waals surface area contributed by atoms with Crippen LogP contribution in [0.4, 0.5) is 15.8 Å². The average Bonchev–Trinajstić information content (AvgIpc) is 2.74. The molecule has 4 aromatic rings. The number of halogens is 1. The summed E-state index contributed by atoms with van der Waals surface area (Å²) in [6.45, 7) is 8.88. The molecular formula is C27H27FN2. The normalized spacial score (nSPS) is 11.4. The maximum atomic E-state index is 13.3. The highest BCUT2D eigenvalue weighted by atomic mass is 19.1. The molecule has 1 heterocycles. The first-order valence-corrected chi connectivity index (χ1v) is 10.5. The van der Waals surface area contributed by atoms with Crippen molar-refractivity contribution in [1.29, 1.82) is 0 Å². The molecule has 0 unspecified atom stereocenters. The van der Waals surface area contributed by atoms with Crippen molar-refractivity contribution in [2.45, 2.75) is 39.5 Å². The van der Waals surface area contributed by atoms with E-state index < -0.39 is 0 Å². The quantitative estimate of drug-likeness (QED) is 0.368. The lowest BCUT2D eigenvalue weighted by Crippen LogP contribution is -2.04. The zero-order valence-electron chi connectivity index (χ0n) is 17.9. The van der Waals surface area contributed by atoms with Gasteiger partial charge in [-0.05, 0) is 59.4 Å². The number of pyridine rings is 1. The highest BCUT2D eigenvalue weighted by Gasteiger charge is 2.15. The monoisotopic (exact) mass is 398 g/mol. The van der Waals surface area contributed by atoms with Crippen LogP contribution in [0.5, 0.6) is 0 Å². The van der Waals surface area contributed by atoms with Gasteiger partial charge in [-0.1, -0.05) is 64.1 Å². The average molecular weight is 399 g/mol. The molecule has 1 aromatic heterocycles. The van der Waals surface area contributed by atoms with Gasteiger partial charge in [0.2, 0.25) is 0 Å². The maximum absolute atomic E-state index is 13.3. The van der Waals surface area contributed by atoms with Crippen molar-refractivity contribution >= 4 is 22.3 Å². The van der Waals surface area contributed by atoms with Crippen LogP contribution in [0.1, 0.15) is 50.7 Å². The van der Waals surface area contributed by atoms with Crippen LogP contribution in [0.15, 0.2) is 72.8 Å². The lowest BCUT2D eigenvalue weighted by molar-refractivity contribution is 0.628. The predicted octanol–water partition coefficient (Wildman–Crippen LogP) is 8.03. The van der Waals surface area contributed by atoms with Crippen LogP contribution in [-0.2, 0) is 0 Å². The summed E-state index contributed by atoms with van der Waals surface area (Å²) >= 11 is 0.